The molecule has 0 saturated heterocycles. The van der Waals surface area contributed by atoms with Crippen molar-refractivity contribution < 1.29 is 35.8 Å². The zero-order valence-electron chi connectivity index (χ0n) is 22.8. The maximum atomic E-state index is 15.3. The van der Waals surface area contributed by atoms with E-state index in [1.54, 1.807) is 30.3 Å². The highest BCUT2D eigenvalue weighted by molar-refractivity contribution is 5.88. The maximum Gasteiger partial charge on any atom is 0.422 e. The van der Waals surface area contributed by atoms with Gasteiger partial charge in [-0.25, -0.2) is 13.2 Å². The molecule has 4 aromatic rings. The lowest BCUT2D eigenvalue weighted by atomic mass is 9.96. The summed E-state index contributed by atoms with van der Waals surface area (Å²) in [5.74, 6) is -1.69. The van der Waals surface area contributed by atoms with Gasteiger partial charge in [0, 0.05) is 17.5 Å². The number of halogens is 6. The average molecular weight is 575 g/mol. The van der Waals surface area contributed by atoms with Gasteiger partial charge in [0.2, 0.25) is 0 Å². The van der Waals surface area contributed by atoms with Gasteiger partial charge in [-0.3, -0.25) is 0 Å². The molecule has 0 unspecified atom stereocenters. The quantitative estimate of drug-likeness (QED) is 0.117. The fraction of sp³-hybridized carbons (Fsp3) is 0.333. The topological polar surface area (TPSA) is 18.5 Å². The molecule has 4 rings (SSSR count). The third kappa shape index (κ3) is 8.41. The summed E-state index contributed by atoms with van der Waals surface area (Å²) >= 11 is 0. The van der Waals surface area contributed by atoms with Gasteiger partial charge in [-0.15, -0.1) is 0 Å². The number of unbranched alkanes of at least 4 members (excludes halogenated alkanes) is 4. The third-order valence-corrected chi connectivity index (χ3v) is 6.86. The normalized spacial score (nSPS) is 11.7. The van der Waals surface area contributed by atoms with Crippen molar-refractivity contribution in [2.75, 3.05) is 13.2 Å². The van der Waals surface area contributed by atoms with Gasteiger partial charge in [0.25, 0.3) is 0 Å². The van der Waals surface area contributed by atoms with Crippen molar-refractivity contribution in [3.63, 3.8) is 0 Å². The minimum atomic E-state index is -4.41. The Morgan fingerprint density at radius 2 is 1.39 bits per heavy atom. The number of hydrogen-bond acceptors (Lipinski definition) is 2. The Kier molecular flexibility index (Phi) is 10.2. The molecule has 0 aliphatic rings. The van der Waals surface area contributed by atoms with E-state index in [0.29, 0.717) is 41.3 Å². The molecule has 218 valence electrons. The lowest BCUT2D eigenvalue weighted by molar-refractivity contribution is -0.153. The van der Waals surface area contributed by atoms with Crippen LogP contribution in [0.25, 0.3) is 21.9 Å². The molecule has 0 aromatic heterocycles. The van der Waals surface area contributed by atoms with Crippen LogP contribution in [-0.2, 0) is 12.8 Å². The van der Waals surface area contributed by atoms with Crippen LogP contribution < -0.4 is 9.47 Å². The second kappa shape index (κ2) is 13.8. The Bertz CT molecular complexity index is 1420. The molecular weight excluding hydrogens is 542 g/mol. The second-order valence-corrected chi connectivity index (χ2v) is 10.0. The van der Waals surface area contributed by atoms with E-state index in [1.807, 2.05) is 0 Å². The predicted octanol–water partition coefficient (Wildman–Crippen LogP) is 10.00. The number of hydrogen-bond donors (Lipinski definition) is 0. The molecule has 0 fully saturated rings. The number of rotatable bonds is 13. The molecule has 2 nitrogen and oxygen atoms in total. The van der Waals surface area contributed by atoms with E-state index in [0.717, 1.165) is 37.7 Å². The van der Waals surface area contributed by atoms with Crippen LogP contribution in [0.5, 0.6) is 11.5 Å². The van der Waals surface area contributed by atoms with Gasteiger partial charge in [-0.05, 0) is 59.5 Å². The first-order chi connectivity index (χ1) is 19.6. The zero-order valence-corrected chi connectivity index (χ0v) is 22.8. The van der Waals surface area contributed by atoms with Gasteiger partial charge in [-0.1, -0.05) is 69.0 Å². The molecule has 0 spiro atoms. The molecule has 0 bridgehead atoms. The molecule has 0 atom stereocenters. The van der Waals surface area contributed by atoms with Crippen LogP contribution in [0.1, 0.15) is 50.2 Å². The van der Waals surface area contributed by atoms with E-state index in [1.165, 1.54) is 36.4 Å². The van der Waals surface area contributed by atoms with Crippen LogP contribution in [-0.4, -0.2) is 19.4 Å². The molecule has 0 N–H and O–H groups in total. The first-order valence-electron chi connectivity index (χ1n) is 13.8. The lowest BCUT2D eigenvalue weighted by Crippen LogP contribution is -2.19. The van der Waals surface area contributed by atoms with Crippen molar-refractivity contribution in [3.05, 3.63) is 95.3 Å². The number of ether oxygens (including phenoxy) is 2. The lowest BCUT2D eigenvalue weighted by Gasteiger charge is -2.12. The smallest absolute Gasteiger partial charge is 0.422 e. The highest BCUT2D eigenvalue weighted by Gasteiger charge is 2.28. The van der Waals surface area contributed by atoms with Crippen molar-refractivity contribution in [2.45, 2.75) is 58.0 Å². The molecule has 0 radical (unpaired) electrons. The molecule has 4 aromatic carbocycles. The molecule has 0 amide bonds. The minimum Gasteiger partial charge on any atom is -0.493 e. The Morgan fingerprint density at radius 1 is 0.683 bits per heavy atom. The summed E-state index contributed by atoms with van der Waals surface area (Å²) in [6, 6.07) is 16.4. The second-order valence-electron chi connectivity index (χ2n) is 10.0. The van der Waals surface area contributed by atoms with Gasteiger partial charge < -0.3 is 9.47 Å². The molecule has 8 heteroatoms. The summed E-state index contributed by atoms with van der Waals surface area (Å²) in [6.07, 6.45) is 1.61. The summed E-state index contributed by atoms with van der Waals surface area (Å²) in [5, 5.41) is 0.826. The van der Waals surface area contributed by atoms with E-state index in [9.17, 15) is 22.0 Å². The van der Waals surface area contributed by atoms with Crippen LogP contribution in [0.15, 0.2) is 66.7 Å². The highest BCUT2D eigenvalue weighted by atomic mass is 19.4. The maximum absolute atomic E-state index is 15.3. The summed E-state index contributed by atoms with van der Waals surface area (Å²) < 4.78 is 92.4. The SMILES string of the molecule is CCCCCCCOc1cc(F)c(-c2ccc3c(F)c(CCc4ccc(OCC(F)(F)F)cc4)ccc3c2)c(F)c1. The molecule has 0 heterocycles. The van der Waals surface area contributed by atoms with Gasteiger partial charge in [0.05, 0.1) is 12.2 Å². The number of fused-ring (bicyclic) bond motifs is 1. The molecule has 0 aliphatic heterocycles. The predicted molar refractivity (Wildman–Crippen MR) is 149 cm³/mol. The standard InChI is InChI=1S/C33H32F6O2/c1-2-3-4-5-6-17-40-27-19-29(34)31(30(35)20-27)25-13-16-28-24(18-25)12-11-23(32(28)36)10-7-22-8-14-26(15-9-22)41-21-33(37,38)39/h8-9,11-16,18-20H,2-7,10,17,21H2,1H3. The van der Waals surface area contributed by atoms with E-state index >= 15 is 4.39 Å². The Morgan fingerprint density at radius 3 is 2.07 bits per heavy atom. The molecule has 41 heavy (non-hydrogen) atoms. The van der Waals surface area contributed by atoms with Crippen LogP contribution >= 0.6 is 0 Å². The fourth-order valence-electron chi connectivity index (χ4n) is 4.69. The first-order valence-corrected chi connectivity index (χ1v) is 13.8. The third-order valence-electron chi connectivity index (χ3n) is 6.86. The highest BCUT2D eigenvalue weighted by Crippen LogP contribution is 2.33. The van der Waals surface area contributed by atoms with Crippen LogP contribution in [0.3, 0.4) is 0 Å². The first kappa shape index (κ1) is 30.3. The summed E-state index contributed by atoms with van der Waals surface area (Å²) in [5.41, 5.74) is 1.36. The number of benzene rings is 4. The minimum absolute atomic E-state index is 0.103. The zero-order chi connectivity index (χ0) is 29.4. The van der Waals surface area contributed by atoms with E-state index in [2.05, 4.69) is 6.92 Å². The monoisotopic (exact) mass is 574 g/mol. The van der Waals surface area contributed by atoms with Crippen molar-refractivity contribution in [2.24, 2.45) is 0 Å². The van der Waals surface area contributed by atoms with Crippen molar-refractivity contribution in [1.82, 2.24) is 0 Å². The number of aryl methyl sites for hydroxylation is 2. The van der Waals surface area contributed by atoms with Gasteiger partial charge in [-0.2, -0.15) is 13.2 Å². The Hall–Kier alpha value is -3.68. The van der Waals surface area contributed by atoms with Crippen LogP contribution in [0.2, 0.25) is 0 Å². The van der Waals surface area contributed by atoms with Crippen molar-refractivity contribution >= 4 is 10.8 Å². The van der Waals surface area contributed by atoms with Crippen molar-refractivity contribution in [3.8, 4) is 22.6 Å². The van der Waals surface area contributed by atoms with Crippen molar-refractivity contribution in [1.29, 1.82) is 0 Å². The van der Waals surface area contributed by atoms with E-state index < -0.39 is 30.2 Å². The van der Waals surface area contributed by atoms with E-state index in [-0.39, 0.29) is 17.1 Å². The van der Waals surface area contributed by atoms with Crippen LogP contribution in [0.4, 0.5) is 26.3 Å². The molecule has 0 saturated carbocycles. The summed E-state index contributed by atoms with van der Waals surface area (Å²) in [4.78, 5) is 0. The largest absolute Gasteiger partial charge is 0.493 e. The summed E-state index contributed by atoms with van der Waals surface area (Å²) in [7, 11) is 0. The van der Waals surface area contributed by atoms with Gasteiger partial charge in [0.15, 0.2) is 6.61 Å². The van der Waals surface area contributed by atoms with Gasteiger partial charge >= 0.3 is 6.18 Å². The molecular formula is C33H32F6O2. The Labute approximate surface area is 235 Å². The summed E-state index contributed by atoms with van der Waals surface area (Å²) in [6.45, 7) is 1.15. The molecule has 0 aliphatic carbocycles. The Balaban J connectivity index is 1.42. The van der Waals surface area contributed by atoms with Gasteiger partial charge in [0.1, 0.15) is 29.0 Å². The van der Waals surface area contributed by atoms with E-state index in [4.69, 9.17) is 9.47 Å². The van der Waals surface area contributed by atoms with Crippen LogP contribution in [0, 0.1) is 17.5 Å². The number of alkyl halides is 3. The average Bonchev–Trinajstić information content (AvgIpc) is 2.93. The fourth-order valence-corrected chi connectivity index (χ4v) is 4.69.